The molecule has 2 aliphatic rings. The number of amides is 1. The van der Waals surface area contributed by atoms with Gasteiger partial charge in [-0.25, -0.2) is 18.4 Å². The molecule has 5 rings (SSSR count). The van der Waals surface area contributed by atoms with Gasteiger partial charge in [0.1, 0.15) is 12.1 Å². The third-order valence-corrected chi connectivity index (χ3v) is 7.55. The van der Waals surface area contributed by atoms with Gasteiger partial charge >= 0.3 is 0 Å². The summed E-state index contributed by atoms with van der Waals surface area (Å²) in [7, 11) is -3.80. The number of benzene rings is 2. The molecule has 0 atom stereocenters. The zero-order valence-corrected chi connectivity index (χ0v) is 19.3. The molecule has 1 aromatic heterocycles. The van der Waals surface area contributed by atoms with E-state index in [1.165, 1.54) is 18.6 Å². The van der Waals surface area contributed by atoms with Gasteiger partial charge in [-0.15, -0.1) is 0 Å². The quantitative estimate of drug-likeness (QED) is 0.598. The van der Waals surface area contributed by atoms with Gasteiger partial charge in [0.25, 0.3) is 10.0 Å². The van der Waals surface area contributed by atoms with Crippen molar-refractivity contribution in [1.82, 2.24) is 14.9 Å². The maximum Gasteiger partial charge on any atom is 0.263 e. The number of nitrogens with one attached hydrogen (secondary N) is 1. The number of sulfonamides is 1. The number of carbonyl (C=O) groups excluding carboxylic acids is 1. The second kappa shape index (κ2) is 8.64. The summed E-state index contributed by atoms with van der Waals surface area (Å²) in [6, 6.07) is 12.2. The van der Waals surface area contributed by atoms with Crippen LogP contribution in [-0.4, -0.2) is 42.3 Å². The number of fused-ring (bicyclic) bond motifs is 2. The summed E-state index contributed by atoms with van der Waals surface area (Å²) in [6.07, 6.45) is 4.67. The van der Waals surface area contributed by atoms with Crippen LogP contribution in [0, 0.1) is 0 Å². The highest BCUT2D eigenvalue weighted by Gasteiger charge is 2.28. The zero-order chi connectivity index (χ0) is 23.0. The van der Waals surface area contributed by atoms with Gasteiger partial charge in [0.2, 0.25) is 5.91 Å². The first kappa shape index (κ1) is 21.7. The van der Waals surface area contributed by atoms with E-state index in [2.05, 4.69) is 19.6 Å². The van der Waals surface area contributed by atoms with Crippen molar-refractivity contribution in [1.29, 1.82) is 0 Å². The molecule has 2 aliphatic heterocycles. The zero-order valence-electron chi connectivity index (χ0n) is 17.7. The van der Waals surface area contributed by atoms with Crippen molar-refractivity contribution in [3.05, 3.63) is 76.7 Å². The van der Waals surface area contributed by atoms with E-state index in [9.17, 15) is 13.2 Å². The molecular weight excluding hydrogens is 462 g/mol. The summed E-state index contributed by atoms with van der Waals surface area (Å²) in [5.74, 6) is 0.211. The molecule has 33 heavy (non-hydrogen) atoms. The molecule has 8 nitrogen and oxygen atoms in total. The topological polar surface area (TPSA) is 95.5 Å². The molecule has 0 aliphatic carbocycles. The Morgan fingerprint density at radius 1 is 1.06 bits per heavy atom. The number of hydrogen-bond donors (Lipinski definition) is 1. The van der Waals surface area contributed by atoms with E-state index in [1.54, 1.807) is 23.1 Å². The van der Waals surface area contributed by atoms with Crippen LogP contribution < -0.4 is 9.62 Å². The predicted molar refractivity (Wildman–Crippen MR) is 126 cm³/mol. The molecule has 0 saturated carbocycles. The van der Waals surface area contributed by atoms with Crippen molar-refractivity contribution in [2.75, 3.05) is 22.7 Å². The molecule has 0 saturated heterocycles. The minimum Gasteiger partial charge on any atom is -0.362 e. The summed E-state index contributed by atoms with van der Waals surface area (Å²) in [4.78, 5) is 24.8. The Balaban J connectivity index is 1.29. The first-order valence-corrected chi connectivity index (χ1v) is 12.5. The molecule has 0 bridgehead atoms. The Morgan fingerprint density at radius 2 is 1.91 bits per heavy atom. The first-order valence-electron chi connectivity index (χ1n) is 10.6. The SMILES string of the molecule is O=C(CN1CCCc2cc(Cl)ccc21)N1Cc2ccc(S(=O)(=O)Nc3ccncn3)cc2C1. The van der Waals surface area contributed by atoms with Gasteiger partial charge in [-0.3, -0.25) is 9.52 Å². The van der Waals surface area contributed by atoms with E-state index < -0.39 is 10.0 Å². The van der Waals surface area contributed by atoms with Gasteiger partial charge in [0.05, 0.1) is 11.4 Å². The third-order valence-electron chi connectivity index (χ3n) is 5.97. The van der Waals surface area contributed by atoms with E-state index in [-0.39, 0.29) is 23.2 Å². The van der Waals surface area contributed by atoms with E-state index in [4.69, 9.17) is 11.6 Å². The van der Waals surface area contributed by atoms with Crippen LogP contribution >= 0.6 is 11.6 Å². The standard InChI is InChI=1S/C23H22ClN5O3S/c24-19-4-6-21-16(10-19)2-1-9-28(21)14-23(30)29-12-17-3-5-20(11-18(17)13-29)33(31,32)27-22-7-8-25-15-26-22/h3-8,10-11,15H,1-2,9,12-14H2,(H,25,26,27). The van der Waals surface area contributed by atoms with Crippen LogP contribution in [-0.2, 0) is 34.3 Å². The molecule has 1 amide bonds. The van der Waals surface area contributed by atoms with Gasteiger partial charge in [-0.1, -0.05) is 17.7 Å². The summed E-state index contributed by atoms with van der Waals surface area (Å²) in [5, 5.41) is 0.705. The fourth-order valence-corrected chi connectivity index (χ4v) is 5.59. The van der Waals surface area contributed by atoms with Crippen LogP contribution in [0.25, 0.3) is 0 Å². The van der Waals surface area contributed by atoms with Gasteiger partial charge in [0.15, 0.2) is 0 Å². The monoisotopic (exact) mass is 483 g/mol. The molecule has 0 fully saturated rings. The molecule has 0 unspecified atom stereocenters. The second-order valence-corrected chi connectivity index (χ2v) is 10.3. The lowest BCUT2D eigenvalue weighted by Gasteiger charge is -2.32. The Kier molecular flexibility index (Phi) is 5.67. The van der Waals surface area contributed by atoms with Crippen molar-refractivity contribution < 1.29 is 13.2 Å². The Hall–Kier alpha value is -3.17. The maximum absolute atomic E-state index is 13.1. The molecule has 2 aromatic carbocycles. The van der Waals surface area contributed by atoms with E-state index in [0.717, 1.165) is 41.8 Å². The van der Waals surface area contributed by atoms with Crippen molar-refractivity contribution in [2.45, 2.75) is 30.8 Å². The number of halogens is 1. The smallest absolute Gasteiger partial charge is 0.263 e. The number of nitrogens with zero attached hydrogens (tertiary/aromatic N) is 4. The fourth-order valence-electron chi connectivity index (χ4n) is 4.33. The molecule has 0 spiro atoms. The lowest BCUT2D eigenvalue weighted by atomic mass is 10.0. The van der Waals surface area contributed by atoms with Crippen molar-refractivity contribution in [3.8, 4) is 0 Å². The molecule has 0 radical (unpaired) electrons. The third kappa shape index (κ3) is 4.51. The summed E-state index contributed by atoms with van der Waals surface area (Å²) < 4.78 is 28.0. The minimum absolute atomic E-state index is 0.0116. The van der Waals surface area contributed by atoms with Gasteiger partial charge in [0, 0.05) is 36.5 Å². The van der Waals surface area contributed by atoms with Gasteiger partial charge < -0.3 is 9.80 Å². The second-order valence-electron chi connectivity index (χ2n) is 8.18. The number of carbonyl (C=O) groups is 1. The van der Waals surface area contributed by atoms with E-state index in [0.29, 0.717) is 18.1 Å². The van der Waals surface area contributed by atoms with Crippen LogP contribution in [0.15, 0.2) is 59.9 Å². The Bertz CT molecular complexity index is 1320. The average Bonchev–Trinajstić information content (AvgIpc) is 3.23. The lowest BCUT2D eigenvalue weighted by Crippen LogP contribution is -2.40. The maximum atomic E-state index is 13.1. The molecule has 1 N–H and O–H groups in total. The number of hydrogen-bond acceptors (Lipinski definition) is 6. The summed E-state index contributed by atoms with van der Waals surface area (Å²) >= 11 is 6.13. The average molecular weight is 484 g/mol. The minimum atomic E-state index is -3.80. The largest absolute Gasteiger partial charge is 0.362 e. The fraction of sp³-hybridized carbons (Fsp3) is 0.261. The predicted octanol–water partition coefficient (Wildman–Crippen LogP) is 3.23. The number of anilines is 2. The molecular formula is C23H22ClN5O3S. The Labute approximate surface area is 197 Å². The van der Waals surface area contributed by atoms with Crippen LogP contribution in [0.2, 0.25) is 5.02 Å². The highest BCUT2D eigenvalue weighted by atomic mass is 35.5. The van der Waals surface area contributed by atoms with Gasteiger partial charge in [-0.2, -0.15) is 0 Å². The van der Waals surface area contributed by atoms with E-state index >= 15 is 0 Å². The molecule has 3 aromatic rings. The normalized spacial score (nSPS) is 15.2. The first-order chi connectivity index (χ1) is 15.9. The summed E-state index contributed by atoms with van der Waals surface area (Å²) in [6.45, 7) is 1.95. The lowest BCUT2D eigenvalue weighted by molar-refractivity contribution is -0.130. The van der Waals surface area contributed by atoms with Crippen LogP contribution in [0.5, 0.6) is 0 Å². The molecule has 10 heteroatoms. The highest BCUT2D eigenvalue weighted by Crippen LogP contribution is 2.31. The number of aryl methyl sites for hydroxylation is 1. The van der Waals surface area contributed by atoms with Crippen LogP contribution in [0.4, 0.5) is 11.5 Å². The van der Waals surface area contributed by atoms with Crippen molar-refractivity contribution >= 4 is 39.0 Å². The van der Waals surface area contributed by atoms with Gasteiger partial charge in [-0.05, 0) is 65.9 Å². The summed E-state index contributed by atoms with van der Waals surface area (Å²) in [5.41, 5.74) is 4.01. The Morgan fingerprint density at radius 3 is 2.73 bits per heavy atom. The van der Waals surface area contributed by atoms with Crippen LogP contribution in [0.3, 0.4) is 0 Å². The number of aromatic nitrogens is 2. The molecule has 3 heterocycles. The van der Waals surface area contributed by atoms with Crippen molar-refractivity contribution in [3.63, 3.8) is 0 Å². The van der Waals surface area contributed by atoms with E-state index in [1.807, 2.05) is 18.2 Å². The molecule has 170 valence electrons. The van der Waals surface area contributed by atoms with Crippen molar-refractivity contribution in [2.24, 2.45) is 0 Å². The van der Waals surface area contributed by atoms with Crippen LogP contribution in [0.1, 0.15) is 23.1 Å². The highest BCUT2D eigenvalue weighted by molar-refractivity contribution is 7.92. The number of rotatable bonds is 5.